The van der Waals surface area contributed by atoms with Gasteiger partial charge in [-0.2, -0.15) is 0 Å². The molecule has 0 saturated carbocycles. The standard InChI is InChI=1S/C89H88BN3/c1-84(2,3)63-32-22-53(23-33-63)57-30-40-77-69(44-57)71-46-59(55-26-36-65(37-27-55)86(7,8)9)48-73-82(71)92(77)79-50-62(76-21-19-20-75(91-76)61-42-67(88(13,14)15)52-68(43-61)89(16,17)18)51-80-81(79)90(73)74-49-60(56-28-38-66(39-29-56)87(10,11)12)47-72-70-45-58(31-41-78(70)93(80)83(72)74)54-24-34-64(35-25-54)85(4,5)6/h19-52H,1-18H3. The minimum atomic E-state index is -0.130. The average molecular weight is 1210 g/mol. The number of hydrogen-bond acceptors (Lipinski definition) is 1. The number of benzene rings is 10. The highest BCUT2D eigenvalue weighted by molar-refractivity contribution is 7.00. The fourth-order valence-corrected chi connectivity index (χ4v) is 15.0. The second kappa shape index (κ2) is 20.8. The maximum absolute atomic E-state index is 5.75. The molecule has 4 heteroatoms. The second-order valence-corrected chi connectivity index (χ2v) is 33.4. The van der Waals surface area contributed by atoms with Crippen LogP contribution in [-0.4, -0.2) is 20.8 Å². The summed E-state index contributed by atoms with van der Waals surface area (Å²) in [7, 11) is 0. The summed E-state index contributed by atoms with van der Waals surface area (Å²) in [6, 6.07) is 80.9. The molecule has 0 saturated heterocycles. The second-order valence-electron chi connectivity index (χ2n) is 33.4. The van der Waals surface area contributed by atoms with Gasteiger partial charge in [-0.3, -0.25) is 0 Å². The predicted octanol–water partition coefficient (Wildman–Crippen LogP) is 22.2. The fraction of sp³-hybridized carbons (Fsp3) is 0.270. The first kappa shape index (κ1) is 60.3. The van der Waals surface area contributed by atoms with E-state index in [1.54, 1.807) is 0 Å². The van der Waals surface area contributed by atoms with Gasteiger partial charge >= 0.3 is 0 Å². The number of pyridine rings is 1. The minimum Gasteiger partial charge on any atom is -0.310 e. The summed E-state index contributed by atoms with van der Waals surface area (Å²) in [5.41, 5.74) is 33.2. The van der Waals surface area contributed by atoms with Crippen LogP contribution in [0.1, 0.15) is 158 Å². The average Bonchev–Trinajstić information content (AvgIpc) is 1.56. The van der Waals surface area contributed by atoms with E-state index in [0.717, 1.165) is 22.5 Å². The molecule has 5 heterocycles. The summed E-state index contributed by atoms with van der Waals surface area (Å²) in [4.78, 5) is 5.75. The Labute approximate surface area is 552 Å². The van der Waals surface area contributed by atoms with Crippen LogP contribution in [0.2, 0.25) is 0 Å². The molecule has 0 spiro atoms. The Hall–Kier alpha value is -8.99. The molecule has 3 nitrogen and oxygen atoms in total. The molecule has 0 bridgehead atoms. The third-order valence-electron chi connectivity index (χ3n) is 20.7. The van der Waals surface area contributed by atoms with E-state index in [-0.39, 0.29) is 39.2 Å². The number of rotatable bonds is 6. The van der Waals surface area contributed by atoms with Gasteiger partial charge in [0.2, 0.25) is 0 Å². The molecule has 15 rings (SSSR count). The lowest BCUT2D eigenvalue weighted by Crippen LogP contribution is -2.59. The Kier molecular flexibility index (Phi) is 13.5. The number of aromatic nitrogens is 3. The van der Waals surface area contributed by atoms with Gasteiger partial charge in [0, 0.05) is 55.1 Å². The van der Waals surface area contributed by atoms with E-state index >= 15 is 0 Å². The Morgan fingerprint density at radius 1 is 0.258 bits per heavy atom. The summed E-state index contributed by atoms with van der Waals surface area (Å²) < 4.78 is 5.29. The van der Waals surface area contributed by atoms with Crippen molar-refractivity contribution in [2.45, 2.75) is 157 Å². The number of fused-ring (bicyclic) bond motifs is 10. The van der Waals surface area contributed by atoms with Gasteiger partial charge < -0.3 is 9.13 Å². The van der Waals surface area contributed by atoms with Gasteiger partial charge in [-0.05, 0) is 200 Å². The van der Waals surface area contributed by atoms with Gasteiger partial charge in [0.1, 0.15) is 0 Å². The van der Waals surface area contributed by atoms with E-state index < -0.39 is 0 Å². The Morgan fingerprint density at radius 3 is 0.892 bits per heavy atom. The molecule has 10 aromatic carbocycles. The molecule has 0 amide bonds. The zero-order valence-electron chi connectivity index (χ0n) is 58.0. The van der Waals surface area contributed by atoms with E-state index in [9.17, 15) is 0 Å². The summed E-state index contributed by atoms with van der Waals surface area (Å²) in [5.74, 6) is 0. The van der Waals surface area contributed by atoms with Crippen molar-refractivity contribution >= 4 is 66.7 Å². The van der Waals surface area contributed by atoms with Gasteiger partial charge in [0.15, 0.2) is 0 Å². The van der Waals surface area contributed by atoms with Crippen LogP contribution in [0, 0.1) is 0 Å². The molecule has 0 fully saturated rings. The fourth-order valence-electron chi connectivity index (χ4n) is 15.0. The molecule has 0 N–H and O–H groups in total. The van der Waals surface area contributed by atoms with E-state index in [1.165, 1.54) is 149 Å². The molecule has 13 aromatic rings. The van der Waals surface area contributed by atoms with Crippen molar-refractivity contribution < 1.29 is 0 Å². The van der Waals surface area contributed by atoms with Crippen LogP contribution in [-0.2, 0) is 32.5 Å². The normalized spacial score (nSPS) is 13.5. The first-order valence-electron chi connectivity index (χ1n) is 33.9. The van der Waals surface area contributed by atoms with E-state index in [0.29, 0.717) is 0 Å². The summed E-state index contributed by atoms with van der Waals surface area (Å²) in [6.07, 6.45) is 0. The van der Waals surface area contributed by atoms with Crippen molar-refractivity contribution in [3.63, 3.8) is 0 Å². The Bertz CT molecular complexity index is 4900. The summed E-state index contributed by atoms with van der Waals surface area (Å²) >= 11 is 0. The van der Waals surface area contributed by atoms with Crippen molar-refractivity contribution in [3.8, 4) is 78.4 Å². The molecule has 0 radical (unpaired) electrons. The van der Waals surface area contributed by atoms with Gasteiger partial charge in [-0.1, -0.05) is 258 Å². The first-order valence-corrected chi connectivity index (χ1v) is 33.9. The topological polar surface area (TPSA) is 22.8 Å². The predicted molar refractivity (Wildman–Crippen MR) is 402 cm³/mol. The lowest BCUT2D eigenvalue weighted by Gasteiger charge is -2.34. The lowest BCUT2D eigenvalue weighted by atomic mass is 9.34. The Balaban J connectivity index is 1.06. The van der Waals surface area contributed by atoms with Gasteiger partial charge in [-0.15, -0.1) is 0 Å². The monoisotopic (exact) mass is 1210 g/mol. The summed E-state index contributed by atoms with van der Waals surface area (Å²) in [6.45, 7) is 41.4. The SMILES string of the molecule is CC(C)(C)c1ccc(-c2ccc3c(c2)c2cc(-c4ccc(C(C)(C)C)cc4)cc4c2n3-c2cc(-c3cccc(-c5cc(C(C)(C)C)cc(C(C)(C)C)c5)n3)cc3c2B4c2cc(-c4ccc(C(C)(C)C)cc4)cc4c5cc(-c6ccc(C(C)(C)C)cc6)ccc5n-3c24)cc1. The molecule has 2 aliphatic rings. The van der Waals surface area contributed by atoms with Crippen molar-refractivity contribution in [3.05, 3.63) is 240 Å². The van der Waals surface area contributed by atoms with Crippen LogP contribution in [0.25, 0.3) is 122 Å². The third kappa shape index (κ3) is 10.2. The van der Waals surface area contributed by atoms with Gasteiger partial charge in [-0.25, -0.2) is 4.98 Å². The van der Waals surface area contributed by atoms with Crippen molar-refractivity contribution in [2.24, 2.45) is 0 Å². The number of nitrogens with zero attached hydrogens (tertiary/aromatic N) is 3. The van der Waals surface area contributed by atoms with Crippen LogP contribution in [0.15, 0.2) is 206 Å². The van der Waals surface area contributed by atoms with Crippen molar-refractivity contribution in [2.75, 3.05) is 0 Å². The maximum Gasteiger partial charge on any atom is 0.252 e. The van der Waals surface area contributed by atoms with Crippen LogP contribution in [0.5, 0.6) is 0 Å². The van der Waals surface area contributed by atoms with Crippen LogP contribution in [0.4, 0.5) is 0 Å². The molecular weight excluding hydrogens is 1120 g/mol. The number of hydrogen-bond donors (Lipinski definition) is 0. The molecule has 3 aromatic heterocycles. The largest absolute Gasteiger partial charge is 0.310 e. The zero-order chi connectivity index (χ0) is 65.4. The van der Waals surface area contributed by atoms with E-state index in [1.807, 2.05) is 0 Å². The molecule has 0 atom stereocenters. The highest BCUT2D eigenvalue weighted by Crippen LogP contribution is 2.46. The molecule has 462 valence electrons. The minimum absolute atomic E-state index is 0.0218. The third-order valence-corrected chi connectivity index (χ3v) is 20.7. The molecule has 2 aliphatic heterocycles. The van der Waals surface area contributed by atoms with Crippen LogP contribution < -0.4 is 16.4 Å². The highest BCUT2D eigenvalue weighted by atomic mass is 15.0. The van der Waals surface area contributed by atoms with E-state index in [2.05, 4.69) is 340 Å². The summed E-state index contributed by atoms with van der Waals surface area (Å²) in [5, 5.41) is 5.01. The highest BCUT2D eigenvalue weighted by Gasteiger charge is 2.42. The lowest BCUT2D eigenvalue weighted by molar-refractivity contribution is 0.569. The molecule has 93 heavy (non-hydrogen) atoms. The quantitative estimate of drug-likeness (QED) is 0.152. The zero-order valence-corrected chi connectivity index (χ0v) is 58.0. The first-order chi connectivity index (χ1) is 43.8. The molecule has 0 unspecified atom stereocenters. The van der Waals surface area contributed by atoms with Gasteiger partial charge in [0.25, 0.3) is 6.71 Å². The maximum atomic E-state index is 5.75. The smallest absolute Gasteiger partial charge is 0.252 e. The van der Waals surface area contributed by atoms with Crippen LogP contribution in [0.3, 0.4) is 0 Å². The Morgan fingerprint density at radius 2 is 0.559 bits per heavy atom. The molecule has 0 aliphatic carbocycles. The van der Waals surface area contributed by atoms with E-state index in [4.69, 9.17) is 4.98 Å². The van der Waals surface area contributed by atoms with Crippen molar-refractivity contribution in [1.29, 1.82) is 0 Å². The molecular formula is C89H88BN3. The van der Waals surface area contributed by atoms with Crippen LogP contribution >= 0.6 is 0 Å². The van der Waals surface area contributed by atoms with Crippen molar-refractivity contribution in [1.82, 2.24) is 14.1 Å². The van der Waals surface area contributed by atoms with Gasteiger partial charge in [0.05, 0.1) is 22.4 Å².